The highest BCUT2D eigenvalue weighted by atomic mass is 35.5. The van der Waals surface area contributed by atoms with E-state index in [-0.39, 0.29) is 22.4 Å². The molecule has 186 valence electrons. The molecule has 1 saturated heterocycles. The van der Waals surface area contributed by atoms with Gasteiger partial charge in [-0.1, -0.05) is 42.2 Å². The number of aromatic nitrogens is 3. The zero-order chi connectivity index (χ0) is 25.7. The van der Waals surface area contributed by atoms with E-state index in [1.807, 2.05) is 0 Å². The van der Waals surface area contributed by atoms with E-state index in [2.05, 4.69) is 38.7 Å². The van der Waals surface area contributed by atoms with Gasteiger partial charge in [-0.05, 0) is 35.9 Å². The molecule has 0 radical (unpaired) electrons. The predicted molar refractivity (Wildman–Crippen MR) is 141 cm³/mol. The first kappa shape index (κ1) is 25.3. The molecule has 4 N–H and O–H groups in total. The van der Waals surface area contributed by atoms with E-state index in [1.54, 1.807) is 24.4 Å². The number of amides is 2. The number of nitrogens with two attached hydrogens (primary N) is 1. The number of ether oxygens (including phenoxy) is 1. The third kappa shape index (κ3) is 6.06. The second kappa shape index (κ2) is 11.3. The van der Waals surface area contributed by atoms with Gasteiger partial charge in [-0.2, -0.15) is 0 Å². The number of nitrogens with zero attached hydrogens (tertiary/aromatic N) is 4. The average Bonchev–Trinajstić information content (AvgIpc) is 3.30. The SMILES string of the molecule is C=CC(=CC(=C)NC(=O)Nc1ccc(Cl)cc1F)c1sc(N2CCOCC2)nc1-c1ccnc(N)n1. The van der Waals surface area contributed by atoms with E-state index < -0.39 is 11.8 Å². The van der Waals surface area contributed by atoms with Crippen molar-refractivity contribution in [1.82, 2.24) is 20.3 Å². The van der Waals surface area contributed by atoms with Crippen LogP contribution in [0.3, 0.4) is 0 Å². The molecule has 2 amide bonds. The van der Waals surface area contributed by atoms with Crippen molar-refractivity contribution in [3.05, 3.63) is 77.2 Å². The number of rotatable bonds is 7. The maximum Gasteiger partial charge on any atom is 0.323 e. The number of hydrogen-bond acceptors (Lipinski definition) is 8. The Bertz CT molecular complexity index is 1340. The third-order valence-electron chi connectivity index (χ3n) is 5.08. The number of urea groups is 1. The van der Waals surface area contributed by atoms with E-state index in [4.69, 9.17) is 27.1 Å². The fraction of sp³-hybridized carbons (Fsp3) is 0.167. The van der Waals surface area contributed by atoms with Gasteiger partial charge in [0.25, 0.3) is 0 Å². The predicted octanol–water partition coefficient (Wildman–Crippen LogP) is 4.72. The van der Waals surface area contributed by atoms with Crippen LogP contribution in [0.2, 0.25) is 5.02 Å². The van der Waals surface area contributed by atoms with Crippen LogP contribution in [-0.2, 0) is 4.74 Å². The largest absolute Gasteiger partial charge is 0.378 e. The topological polar surface area (TPSA) is 118 Å². The second-order valence-electron chi connectivity index (χ2n) is 7.61. The van der Waals surface area contributed by atoms with Gasteiger partial charge in [-0.3, -0.25) is 0 Å². The molecule has 0 atom stereocenters. The summed E-state index contributed by atoms with van der Waals surface area (Å²) < 4.78 is 19.5. The number of nitrogen functional groups attached to an aromatic ring is 1. The smallest absolute Gasteiger partial charge is 0.323 e. The zero-order valence-electron chi connectivity index (χ0n) is 19.1. The number of morpholine rings is 1. The van der Waals surface area contributed by atoms with Crippen molar-refractivity contribution in [2.24, 2.45) is 0 Å². The normalized spacial score (nSPS) is 13.8. The summed E-state index contributed by atoms with van der Waals surface area (Å²) in [5.41, 5.74) is 7.86. The van der Waals surface area contributed by atoms with Crippen LogP contribution in [0.25, 0.3) is 17.0 Å². The highest BCUT2D eigenvalue weighted by molar-refractivity contribution is 7.17. The molecule has 2 aromatic heterocycles. The van der Waals surface area contributed by atoms with Crippen LogP contribution in [0.5, 0.6) is 0 Å². The third-order valence-corrected chi connectivity index (χ3v) is 6.48. The number of thiazole rings is 1. The molecule has 9 nitrogen and oxygen atoms in total. The van der Waals surface area contributed by atoms with Gasteiger partial charge in [0.2, 0.25) is 5.95 Å². The van der Waals surface area contributed by atoms with Gasteiger partial charge >= 0.3 is 6.03 Å². The average molecular weight is 528 g/mol. The summed E-state index contributed by atoms with van der Waals surface area (Å²) >= 11 is 7.21. The van der Waals surface area contributed by atoms with Crippen LogP contribution >= 0.6 is 22.9 Å². The maximum atomic E-state index is 14.0. The summed E-state index contributed by atoms with van der Waals surface area (Å²) in [6.45, 7) is 10.5. The Morgan fingerprint density at radius 3 is 2.75 bits per heavy atom. The first-order valence-corrected chi connectivity index (χ1v) is 12.0. The minimum atomic E-state index is -0.664. The molecule has 0 spiro atoms. The molecule has 1 aliphatic rings. The van der Waals surface area contributed by atoms with Crippen LogP contribution in [0.4, 0.5) is 26.0 Å². The number of allylic oxidation sites excluding steroid dienone is 3. The summed E-state index contributed by atoms with van der Waals surface area (Å²) in [4.78, 5) is 28.4. The molecule has 0 saturated carbocycles. The van der Waals surface area contributed by atoms with Crippen molar-refractivity contribution in [2.45, 2.75) is 0 Å². The Kier molecular flexibility index (Phi) is 7.93. The number of carbonyl (C=O) groups excluding carboxylic acids is 1. The van der Waals surface area contributed by atoms with Crippen LogP contribution in [-0.4, -0.2) is 47.3 Å². The van der Waals surface area contributed by atoms with E-state index in [9.17, 15) is 9.18 Å². The second-order valence-corrected chi connectivity index (χ2v) is 9.02. The van der Waals surface area contributed by atoms with Crippen molar-refractivity contribution in [2.75, 3.05) is 42.3 Å². The van der Waals surface area contributed by atoms with Crippen LogP contribution in [0.15, 0.2) is 61.5 Å². The van der Waals surface area contributed by atoms with Crippen molar-refractivity contribution in [1.29, 1.82) is 0 Å². The van der Waals surface area contributed by atoms with E-state index >= 15 is 0 Å². The number of anilines is 3. The Hall–Kier alpha value is -3.80. The maximum absolute atomic E-state index is 14.0. The Morgan fingerprint density at radius 1 is 1.28 bits per heavy atom. The summed E-state index contributed by atoms with van der Waals surface area (Å²) in [6.07, 6.45) is 4.84. The van der Waals surface area contributed by atoms with Gasteiger partial charge < -0.3 is 26.0 Å². The lowest BCUT2D eigenvalue weighted by Crippen LogP contribution is -2.36. The van der Waals surface area contributed by atoms with Gasteiger partial charge in [0, 0.05) is 30.0 Å². The number of halogens is 2. The Labute approximate surface area is 216 Å². The number of benzene rings is 1. The highest BCUT2D eigenvalue weighted by Gasteiger charge is 2.22. The number of nitrogens with one attached hydrogen (secondary N) is 2. The van der Waals surface area contributed by atoms with Crippen molar-refractivity contribution in [3.8, 4) is 11.4 Å². The fourth-order valence-electron chi connectivity index (χ4n) is 3.40. The first-order valence-electron chi connectivity index (χ1n) is 10.8. The lowest BCUT2D eigenvalue weighted by atomic mass is 10.1. The van der Waals surface area contributed by atoms with Crippen molar-refractivity contribution >= 4 is 51.3 Å². The van der Waals surface area contributed by atoms with Crippen molar-refractivity contribution in [3.63, 3.8) is 0 Å². The molecular weight excluding hydrogens is 505 g/mol. The summed E-state index contributed by atoms with van der Waals surface area (Å²) in [6, 6.07) is 5.01. The lowest BCUT2D eigenvalue weighted by molar-refractivity contribution is 0.122. The summed E-state index contributed by atoms with van der Waals surface area (Å²) in [7, 11) is 0. The Balaban J connectivity index is 1.60. The first-order chi connectivity index (χ1) is 17.3. The van der Waals surface area contributed by atoms with Gasteiger partial charge in [0.1, 0.15) is 11.5 Å². The molecule has 36 heavy (non-hydrogen) atoms. The molecule has 4 rings (SSSR count). The minimum absolute atomic E-state index is 0.0149. The van der Waals surface area contributed by atoms with E-state index in [0.717, 1.165) is 16.1 Å². The van der Waals surface area contributed by atoms with E-state index in [1.165, 1.54) is 23.5 Å². The molecule has 12 heteroatoms. The minimum Gasteiger partial charge on any atom is -0.378 e. The molecule has 1 aliphatic heterocycles. The highest BCUT2D eigenvalue weighted by Crippen LogP contribution is 2.38. The standard InChI is InChI=1S/C24H23ClFN7O2S/c1-3-15(12-14(2)29-23(34)31-18-5-4-16(25)13-17(18)26)21-20(19-6-7-28-22(27)30-19)32-24(36-21)33-8-10-35-11-9-33/h3-7,12-13H,1-2,8-11H2,(H2,27,28,30)(H2,29,31,34). The van der Waals surface area contributed by atoms with Crippen LogP contribution in [0, 0.1) is 5.82 Å². The molecule has 0 bridgehead atoms. The van der Waals surface area contributed by atoms with Gasteiger partial charge in [-0.15, -0.1) is 0 Å². The quantitative estimate of drug-likeness (QED) is 0.380. The number of carbonyl (C=O) groups is 1. The van der Waals surface area contributed by atoms with Gasteiger partial charge in [-0.25, -0.2) is 24.1 Å². The van der Waals surface area contributed by atoms with Crippen LogP contribution in [0.1, 0.15) is 4.88 Å². The van der Waals surface area contributed by atoms with Crippen LogP contribution < -0.4 is 21.3 Å². The molecule has 1 fully saturated rings. The molecule has 3 aromatic rings. The number of hydrogen-bond donors (Lipinski definition) is 3. The Morgan fingerprint density at radius 2 is 2.06 bits per heavy atom. The lowest BCUT2D eigenvalue weighted by Gasteiger charge is -2.26. The molecule has 0 aliphatic carbocycles. The molecule has 0 unspecified atom stereocenters. The zero-order valence-corrected chi connectivity index (χ0v) is 20.7. The fourth-order valence-corrected chi connectivity index (χ4v) is 4.70. The van der Waals surface area contributed by atoms with Gasteiger partial charge in [0.15, 0.2) is 5.13 Å². The summed E-state index contributed by atoms with van der Waals surface area (Å²) in [5.74, 6) is -0.527. The van der Waals surface area contributed by atoms with E-state index in [0.29, 0.717) is 43.3 Å². The van der Waals surface area contributed by atoms with Gasteiger partial charge in [0.05, 0.1) is 29.5 Å². The molecular formula is C24H23ClFN7O2S. The molecule has 3 heterocycles. The molecule has 1 aromatic carbocycles. The summed E-state index contributed by atoms with van der Waals surface area (Å²) in [5, 5.41) is 6.04. The van der Waals surface area contributed by atoms with Crippen molar-refractivity contribution < 1.29 is 13.9 Å². The monoisotopic (exact) mass is 527 g/mol.